The molecule has 5 rings (SSSR count). The van der Waals surface area contributed by atoms with Crippen LogP contribution in [0.25, 0.3) is 27.8 Å². The number of nitrogens with zero attached hydrogens (tertiary/aromatic N) is 2. The van der Waals surface area contributed by atoms with E-state index in [2.05, 4.69) is 20.9 Å². The molecule has 0 radical (unpaired) electrons. The lowest BCUT2D eigenvalue weighted by molar-refractivity contribution is 0.0924. The minimum absolute atomic E-state index is 0.188. The van der Waals surface area contributed by atoms with Crippen LogP contribution in [0, 0.1) is 0 Å². The number of pyridine rings is 1. The van der Waals surface area contributed by atoms with Crippen LogP contribution in [-0.2, 0) is 6.54 Å². The van der Waals surface area contributed by atoms with Gasteiger partial charge in [0.1, 0.15) is 5.69 Å². The number of carbonyl (C=O) groups excluding carboxylic acids is 1. The van der Waals surface area contributed by atoms with E-state index in [1.807, 2.05) is 84.9 Å². The van der Waals surface area contributed by atoms with Gasteiger partial charge in [0, 0.05) is 29.1 Å². The lowest BCUT2D eigenvalue weighted by Gasteiger charge is -2.11. The van der Waals surface area contributed by atoms with Gasteiger partial charge in [0.05, 0.1) is 11.4 Å². The number of hydrazine groups is 1. The second kappa shape index (κ2) is 8.94. The average molecular weight is 435 g/mol. The zero-order valence-corrected chi connectivity index (χ0v) is 17.7. The smallest absolute Gasteiger partial charge is 0.284 e. The van der Waals surface area contributed by atoms with Gasteiger partial charge < -0.3 is 4.98 Å². The van der Waals surface area contributed by atoms with Gasteiger partial charge in [-0.15, -0.1) is 0 Å². The number of aromatic amines is 1. The Bertz CT molecular complexity index is 1470. The van der Waals surface area contributed by atoms with E-state index in [0.717, 1.165) is 27.7 Å². The number of rotatable bonds is 6. The van der Waals surface area contributed by atoms with Crippen molar-refractivity contribution in [1.82, 2.24) is 25.6 Å². The van der Waals surface area contributed by atoms with Crippen molar-refractivity contribution >= 4 is 16.8 Å². The Morgan fingerprint density at radius 2 is 1.58 bits per heavy atom. The number of H-pyrrole nitrogens is 1. The van der Waals surface area contributed by atoms with E-state index in [1.165, 1.54) is 6.07 Å². The number of carbonyl (C=O) groups is 1. The molecule has 0 fully saturated rings. The molecule has 0 unspecified atom stereocenters. The van der Waals surface area contributed by atoms with Gasteiger partial charge in [-0.25, -0.2) is 10.1 Å². The first kappa shape index (κ1) is 20.4. The summed E-state index contributed by atoms with van der Waals surface area (Å²) >= 11 is 0. The fourth-order valence-electron chi connectivity index (χ4n) is 3.77. The SMILES string of the molecule is O=C(NNCc1cc(=O)[nH]c2ccccc12)c1cc(-c2ccccc2)nn1-c1ccccc1. The van der Waals surface area contributed by atoms with Gasteiger partial charge in [-0.3, -0.25) is 15.0 Å². The fourth-order valence-corrected chi connectivity index (χ4v) is 3.77. The lowest BCUT2D eigenvalue weighted by atomic mass is 10.1. The number of para-hydroxylation sites is 2. The predicted octanol–water partition coefficient (Wildman–Crippen LogP) is 3.82. The Morgan fingerprint density at radius 3 is 2.36 bits per heavy atom. The summed E-state index contributed by atoms with van der Waals surface area (Å²) in [4.78, 5) is 27.9. The number of amides is 1. The summed E-state index contributed by atoms with van der Waals surface area (Å²) < 4.78 is 1.63. The predicted molar refractivity (Wildman–Crippen MR) is 128 cm³/mol. The second-order valence-electron chi connectivity index (χ2n) is 7.54. The van der Waals surface area contributed by atoms with Crippen LogP contribution in [0.15, 0.2) is 102 Å². The van der Waals surface area contributed by atoms with Crippen LogP contribution in [0.3, 0.4) is 0 Å². The molecule has 5 aromatic rings. The van der Waals surface area contributed by atoms with Crippen molar-refractivity contribution in [1.29, 1.82) is 0 Å². The summed E-state index contributed by atoms with van der Waals surface area (Å²) in [5.74, 6) is -0.331. The number of nitrogens with one attached hydrogen (secondary N) is 3. The molecule has 7 heteroatoms. The number of fused-ring (bicyclic) bond motifs is 1. The Balaban J connectivity index is 1.41. The van der Waals surface area contributed by atoms with E-state index in [1.54, 1.807) is 10.7 Å². The first-order valence-electron chi connectivity index (χ1n) is 10.5. The van der Waals surface area contributed by atoms with Gasteiger partial charge in [0.2, 0.25) is 5.56 Å². The van der Waals surface area contributed by atoms with Crippen molar-refractivity contribution < 1.29 is 4.79 Å². The Morgan fingerprint density at radius 1 is 0.879 bits per heavy atom. The van der Waals surface area contributed by atoms with E-state index in [9.17, 15) is 9.59 Å². The molecule has 0 spiro atoms. The summed E-state index contributed by atoms with van der Waals surface area (Å²) in [5.41, 5.74) is 9.84. The Hall–Kier alpha value is -4.49. The zero-order valence-electron chi connectivity index (χ0n) is 17.7. The van der Waals surface area contributed by atoms with Crippen molar-refractivity contribution in [2.45, 2.75) is 6.54 Å². The molecule has 0 saturated carbocycles. The van der Waals surface area contributed by atoms with Gasteiger partial charge in [-0.05, 0) is 29.8 Å². The molecule has 0 saturated heterocycles. The summed E-state index contributed by atoms with van der Waals surface area (Å²) in [6.45, 7) is 0.293. The largest absolute Gasteiger partial charge is 0.322 e. The van der Waals surface area contributed by atoms with E-state index in [-0.39, 0.29) is 11.5 Å². The highest BCUT2D eigenvalue weighted by Gasteiger charge is 2.17. The molecule has 0 aliphatic heterocycles. The Labute approximate surface area is 189 Å². The molecule has 3 N–H and O–H groups in total. The molecule has 0 aliphatic rings. The third kappa shape index (κ3) is 4.30. The molecule has 33 heavy (non-hydrogen) atoms. The van der Waals surface area contributed by atoms with Crippen molar-refractivity contribution in [3.63, 3.8) is 0 Å². The third-order valence-electron chi connectivity index (χ3n) is 5.33. The van der Waals surface area contributed by atoms with Gasteiger partial charge in [-0.2, -0.15) is 5.10 Å². The molecule has 7 nitrogen and oxygen atoms in total. The normalized spacial score (nSPS) is 10.9. The van der Waals surface area contributed by atoms with Gasteiger partial charge in [-0.1, -0.05) is 66.7 Å². The van der Waals surface area contributed by atoms with Gasteiger partial charge >= 0.3 is 0 Å². The first-order chi connectivity index (χ1) is 16.2. The highest BCUT2D eigenvalue weighted by atomic mass is 16.2. The van der Waals surface area contributed by atoms with Crippen LogP contribution in [0.4, 0.5) is 0 Å². The van der Waals surface area contributed by atoms with Crippen molar-refractivity contribution in [3.8, 4) is 16.9 Å². The molecule has 0 atom stereocenters. The molecular formula is C26H21N5O2. The molecule has 0 aliphatic carbocycles. The van der Waals surface area contributed by atoms with E-state index >= 15 is 0 Å². The van der Waals surface area contributed by atoms with E-state index < -0.39 is 0 Å². The molecule has 162 valence electrons. The number of benzene rings is 3. The van der Waals surface area contributed by atoms with Gasteiger partial charge in [0.25, 0.3) is 5.91 Å². The van der Waals surface area contributed by atoms with Crippen molar-refractivity contribution in [2.24, 2.45) is 0 Å². The van der Waals surface area contributed by atoms with Crippen molar-refractivity contribution in [2.75, 3.05) is 0 Å². The second-order valence-corrected chi connectivity index (χ2v) is 7.54. The first-order valence-corrected chi connectivity index (χ1v) is 10.5. The third-order valence-corrected chi connectivity index (χ3v) is 5.33. The lowest BCUT2D eigenvalue weighted by Crippen LogP contribution is -2.38. The van der Waals surface area contributed by atoms with E-state index in [4.69, 9.17) is 0 Å². The Kier molecular flexibility index (Phi) is 5.53. The van der Waals surface area contributed by atoms with Crippen LogP contribution >= 0.6 is 0 Å². The van der Waals surface area contributed by atoms with Crippen LogP contribution < -0.4 is 16.4 Å². The molecule has 0 bridgehead atoms. The van der Waals surface area contributed by atoms with Crippen LogP contribution in [0.5, 0.6) is 0 Å². The monoisotopic (exact) mass is 435 g/mol. The summed E-state index contributed by atoms with van der Waals surface area (Å²) in [5, 5.41) is 5.59. The summed E-state index contributed by atoms with van der Waals surface area (Å²) in [7, 11) is 0. The molecule has 2 aromatic heterocycles. The molecule has 3 aromatic carbocycles. The fraction of sp³-hybridized carbons (Fsp3) is 0.0385. The van der Waals surface area contributed by atoms with Crippen LogP contribution in [-0.4, -0.2) is 20.7 Å². The van der Waals surface area contributed by atoms with Crippen LogP contribution in [0.2, 0.25) is 0 Å². The average Bonchev–Trinajstić information content (AvgIpc) is 3.31. The molecular weight excluding hydrogens is 414 g/mol. The highest BCUT2D eigenvalue weighted by molar-refractivity contribution is 5.94. The minimum atomic E-state index is -0.331. The summed E-state index contributed by atoms with van der Waals surface area (Å²) in [6, 6.07) is 30.1. The highest BCUT2D eigenvalue weighted by Crippen LogP contribution is 2.21. The topological polar surface area (TPSA) is 91.8 Å². The van der Waals surface area contributed by atoms with E-state index in [0.29, 0.717) is 17.9 Å². The standard InChI is InChI=1S/C26H21N5O2/c32-25-15-19(21-13-7-8-14-22(21)28-25)17-27-29-26(33)24-16-23(18-9-3-1-4-10-18)30-31(24)20-11-5-2-6-12-20/h1-16,27H,17H2,(H,28,32)(H,29,33). The quantitative estimate of drug-likeness (QED) is 0.354. The van der Waals surface area contributed by atoms with Crippen LogP contribution in [0.1, 0.15) is 16.1 Å². The number of hydrogen-bond acceptors (Lipinski definition) is 4. The maximum absolute atomic E-state index is 13.1. The zero-order chi connectivity index (χ0) is 22.6. The maximum atomic E-state index is 13.1. The number of hydrogen-bond donors (Lipinski definition) is 3. The van der Waals surface area contributed by atoms with Gasteiger partial charge in [0.15, 0.2) is 0 Å². The molecule has 1 amide bonds. The molecule has 2 heterocycles. The minimum Gasteiger partial charge on any atom is -0.322 e. The number of aromatic nitrogens is 3. The maximum Gasteiger partial charge on any atom is 0.284 e. The summed E-state index contributed by atoms with van der Waals surface area (Å²) in [6.07, 6.45) is 0. The van der Waals surface area contributed by atoms with Crippen molar-refractivity contribution in [3.05, 3.63) is 119 Å².